The largest absolute Gasteiger partial charge is 0.491 e. The number of carboxylic acid groups (broad SMARTS) is 1. The second-order valence-electron chi connectivity index (χ2n) is 9.89. The number of aromatic nitrogens is 2. The molecule has 11 nitrogen and oxygen atoms in total. The van der Waals surface area contributed by atoms with E-state index in [1.54, 1.807) is 30.3 Å². The van der Waals surface area contributed by atoms with Gasteiger partial charge < -0.3 is 29.5 Å². The molecule has 234 valence electrons. The fraction of sp³-hybridized carbons (Fsp3) is 0.219. The number of nitrogens with zero attached hydrogens (tertiary/aromatic N) is 2. The Balaban J connectivity index is 1.37. The van der Waals surface area contributed by atoms with E-state index in [1.807, 2.05) is 42.5 Å². The third kappa shape index (κ3) is 8.01. The van der Waals surface area contributed by atoms with Crippen LogP contribution < -0.4 is 19.5 Å². The van der Waals surface area contributed by atoms with Crippen LogP contribution >= 0.6 is 23.2 Å². The molecule has 13 heteroatoms. The van der Waals surface area contributed by atoms with Crippen molar-refractivity contribution in [1.29, 1.82) is 0 Å². The van der Waals surface area contributed by atoms with Crippen molar-refractivity contribution in [2.24, 2.45) is 0 Å². The second-order valence-corrected chi connectivity index (χ2v) is 10.7. The Morgan fingerprint density at radius 3 is 2.47 bits per heavy atom. The Hall–Kier alpha value is -4.39. The van der Waals surface area contributed by atoms with Crippen LogP contribution in [0.1, 0.15) is 16.7 Å². The van der Waals surface area contributed by atoms with Crippen molar-refractivity contribution >= 4 is 40.2 Å². The standard InChI is InChI=1S/C32H29Cl2N3O8/c33-25-13-22(15-35-28(16-39)32(40)41)29(43-17-19-7-8-26-27(11-19)37-45-36-26)14-30(25)44-18-21-4-2-6-24(31(21)34)20-3-1-5-23(12-20)42-10-9-38/h1-8,11-14,28,35,38-39H,9-10,15-18H2,(H,40,41). The molecule has 4 N–H and O–H groups in total. The Bertz CT molecular complexity index is 1780. The number of ether oxygens (including phenoxy) is 3. The average molecular weight is 655 g/mol. The predicted octanol–water partition coefficient (Wildman–Crippen LogP) is 5.26. The molecule has 0 bridgehead atoms. The summed E-state index contributed by atoms with van der Waals surface area (Å²) < 4.78 is 22.6. The minimum atomic E-state index is -1.19. The number of hydrogen-bond donors (Lipinski definition) is 4. The average Bonchev–Trinajstić information content (AvgIpc) is 3.52. The fourth-order valence-corrected chi connectivity index (χ4v) is 5.02. The molecule has 45 heavy (non-hydrogen) atoms. The van der Waals surface area contributed by atoms with Gasteiger partial charge in [0.1, 0.15) is 54.1 Å². The number of hydrogen-bond acceptors (Lipinski definition) is 10. The minimum absolute atomic E-state index is 0.0497. The number of fused-ring (bicyclic) bond motifs is 1. The van der Waals surface area contributed by atoms with Crippen LogP contribution in [0.3, 0.4) is 0 Å². The van der Waals surface area contributed by atoms with Gasteiger partial charge in [0.2, 0.25) is 0 Å². The molecule has 4 aromatic carbocycles. The number of aliphatic hydroxyl groups is 2. The first-order valence-electron chi connectivity index (χ1n) is 13.8. The molecule has 0 aliphatic carbocycles. The van der Waals surface area contributed by atoms with E-state index in [9.17, 15) is 15.0 Å². The molecule has 0 saturated heterocycles. The molecule has 5 aromatic rings. The SMILES string of the molecule is O=C(O)C(CO)NCc1cc(Cl)c(OCc2cccc(-c3cccc(OCCO)c3)c2Cl)cc1OCc1ccc2nonc2c1. The van der Waals surface area contributed by atoms with Gasteiger partial charge in [0.15, 0.2) is 0 Å². The smallest absolute Gasteiger partial charge is 0.323 e. The van der Waals surface area contributed by atoms with Crippen LogP contribution in [0, 0.1) is 0 Å². The monoisotopic (exact) mass is 653 g/mol. The highest BCUT2D eigenvalue weighted by Crippen LogP contribution is 2.36. The maximum Gasteiger partial charge on any atom is 0.323 e. The molecular weight excluding hydrogens is 625 g/mol. The molecule has 1 atom stereocenters. The Labute approximate surface area is 267 Å². The highest BCUT2D eigenvalue weighted by Gasteiger charge is 2.19. The zero-order chi connectivity index (χ0) is 31.8. The summed E-state index contributed by atoms with van der Waals surface area (Å²) in [6.07, 6.45) is 0. The summed E-state index contributed by atoms with van der Waals surface area (Å²) >= 11 is 13.4. The number of halogens is 2. The van der Waals surface area contributed by atoms with Gasteiger partial charge in [-0.1, -0.05) is 59.6 Å². The van der Waals surface area contributed by atoms with Crippen LogP contribution in [0.25, 0.3) is 22.2 Å². The number of rotatable bonds is 15. The van der Waals surface area contributed by atoms with Gasteiger partial charge in [-0.2, -0.15) is 0 Å². The maximum atomic E-state index is 11.4. The first-order valence-corrected chi connectivity index (χ1v) is 14.6. The molecule has 5 rings (SSSR count). The van der Waals surface area contributed by atoms with E-state index in [0.29, 0.717) is 44.4 Å². The van der Waals surface area contributed by atoms with Gasteiger partial charge in [-0.15, -0.1) is 0 Å². The molecular formula is C32H29Cl2N3O8. The van der Waals surface area contributed by atoms with Crippen molar-refractivity contribution in [2.75, 3.05) is 19.8 Å². The lowest BCUT2D eigenvalue weighted by atomic mass is 10.0. The number of aliphatic hydroxyl groups excluding tert-OH is 2. The van der Waals surface area contributed by atoms with Crippen molar-refractivity contribution in [3.05, 3.63) is 99.5 Å². The molecule has 1 aromatic heterocycles. The summed E-state index contributed by atoms with van der Waals surface area (Å²) in [7, 11) is 0. The third-order valence-electron chi connectivity index (χ3n) is 6.81. The minimum Gasteiger partial charge on any atom is -0.491 e. The summed E-state index contributed by atoms with van der Waals surface area (Å²) in [5, 5.41) is 39.1. The van der Waals surface area contributed by atoms with Crippen molar-refractivity contribution in [1.82, 2.24) is 15.6 Å². The predicted molar refractivity (Wildman–Crippen MR) is 167 cm³/mol. The van der Waals surface area contributed by atoms with E-state index in [4.69, 9.17) is 47.1 Å². The zero-order valence-electron chi connectivity index (χ0n) is 23.8. The first kappa shape index (κ1) is 32.0. The summed E-state index contributed by atoms with van der Waals surface area (Å²) in [5.41, 5.74) is 4.86. The number of aliphatic carboxylic acids is 1. The lowest BCUT2D eigenvalue weighted by Gasteiger charge is -2.18. The van der Waals surface area contributed by atoms with Gasteiger partial charge in [0.05, 0.1) is 23.3 Å². The van der Waals surface area contributed by atoms with Gasteiger partial charge in [-0.3, -0.25) is 10.1 Å². The summed E-state index contributed by atoms with van der Waals surface area (Å²) in [5.74, 6) is 0.134. The Morgan fingerprint density at radius 1 is 0.867 bits per heavy atom. The van der Waals surface area contributed by atoms with Crippen LogP contribution in [0.15, 0.2) is 77.4 Å². The summed E-state index contributed by atoms with van der Waals surface area (Å²) in [6.45, 7) is -0.214. The van der Waals surface area contributed by atoms with Gasteiger partial charge in [-0.05, 0) is 51.8 Å². The second kappa shape index (κ2) is 15.1. The van der Waals surface area contributed by atoms with E-state index in [1.165, 1.54) is 0 Å². The molecule has 0 amide bonds. The van der Waals surface area contributed by atoms with Gasteiger partial charge in [0, 0.05) is 29.3 Å². The van der Waals surface area contributed by atoms with Gasteiger partial charge in [0.25, 0.3) is 0 Å². The fourth-order valence-electron chi connectivity index (χ4n) is 4.49. The molecule has 0 aliphatic rings. The lowest BCUT2D eigenvalue weighted by molar-refractivity contribution is -0.140. The van der Waals surface area contributed by atoms with Crippen LogP contribution in [0.5, 0.6) is 17.2 Å². The highest BCUT2D eigenvalue weighted by atomic mass is 35.5. The molecule has 0 spiro atoms. The number of benzene rings is 4. The molecule has 0 radical (unpaired) electrons. The van der Waals surface area contributed by atoms with Gasteiger partial charge >= 0.3 is 5.97 Å². The highest BCUT2D eigenvalue weighted by molar-refractivity contribution is 6.34. The van der Waals surface area contributed by atoms with Crippen molar-refractivity contribution in [3.8, 4) is 28.4 Å². The van der Waals surface area contributed by atoms with Gasteiger partial charge in [-0.25, -0.2) is 4.63 Å². The molecule has 0 saturated carbocycles. The normalized spacial score (nSPS) is 11.8. The topological polar surface area (TPSA) is 156 Å². The molecule has 1 unspecified atom stereocenters. The van der Waals surface area contributed by atoms with Crippen molar-refractivity contribution < 1.29 is 39.0 Å². The number of carboxylic acids is 1. The summed E-state index contributed by atoms with van der Waals surface area (Å²) in [4.78, 5) is 11.4. The molecule has 1 heterocycles. The van der Waals surface area contributed by atoms with E-state index in [0.717, 1.165) is 16.7 Å². The van der Waals surface area contributed by atoms with Crippen LogP contribution in [-0.4, -0.2) is 57.5 Å². The van der Waals surface area contributed by atoms with Crippen molar-refractivity contribution in [3.63, 3.8) is 0 Å². The summed E-state index contributed by atoms with van der Waals surface area (Å²) in [6, 6.07) is 20.5. The van der Waals surface area contributed by atoms with Crippen LogP contribution in [0.4, 0.5) is 0 Å². The zero-order valence-corrected chi connectivity index (χ0v) is 25.3. The van der Waals surface area contributed by atoms with E-state index < -0.39 is 18.6 Å². The number of carbonyl (C=O) groups is 1. The van der Waals surface area contributed by atoms with E-state index >= 15 is 0 Å². The number of nitrogens with one attached hydrogen (secondary N) is 1. The first-order chi connectivity index (χ1) is 21.9. The van der Waals surface area contributed by atoms with Crippen LogP contribution in [-0.2, 0) is 24.6 Å². The third-order valence-corrected chi connectivity index (χ3v) is 7.56. The van der Waals surface area contributed by atoms with Crippen LogP contribution in [0.2, 0.25) is 10.0 Å². The maximum absolute atomic E-state index is 11.4. The molecule has 0 fully saturated rings. The lowest BCUT2D eigenvalue weighted by Crippen LogP contribution is -2.39. The Morgan fingerprint density at radius 2 is 1.67 bits per heavy atom. The quantitative estimate of drug-likeness (QED) is 0.117. The van der Waals surface area contributed by atoms with E-state index in [-0.39, 0.29) is 38.0 Å². The van der Waals surface area contributed by atoms with Crippen molar-refractivity contribution in [2.45, 2.75) is 25.8 Å². The van der Waals surface area contributed by atoms with E-state index in [2.05, 4.69) is 15.6 Å². The molecule has 0 aliphatic heterocycles. The Kier molecular flexibility index (Phi) is 10.7.